The van der Waals surface area contributed by atoms with E-state index in [2.05, 4.69) is 67.6 Å². The lowest BCUT2D eigenvalue weighted by molar-refractivity contribution is 0.737. The maximum atomic E-state index is 2.37. The van der Waals surface area contributed by atoms with Gasteiger partial charge in [0.25, 0.3) is 0 Å². The van der Waals surface area contributed by atoms with Gasteiger partial charge in [-0.2, -0.15) is 0 Å². The summed E-state index contributed by atoms with van der Waals surface area (Å²) < 4.78 is 0. The molecule has 0 saturated carbocycles. The molecule has 0 heteroatoms. The Morgan fingerprint density at radius 3 is 2.39 bits per heavy atom. The topological polar surface area (TPSA) is 0 Å². The fourth-order valence-electron chi connectivity index (χ4n) is 2.91. The van der Waals surface area contributed by atoms with Gasteiger partial charge in [-0.1, -0.05) is 74.0 Å². The summed E-state index contributed by atoms with van der Waals surface area (Å²) in [6, 6.07) is 19.6. The van der Waals surface area contributed by atoms with Gasteiger partial charge < -0.3 is 0 Å². The Bertz CT molecular complexity index is 564. The maximum Gasteiger partial charge on any atom is 0.0101 e. The van der Waals surface area contributed by atoms with Crippen LogP contribution in [-0.2, 0) is 0 Å². The van der Waals surface area contributed by atoms with E-state index >= 15 is 0 Å². The second kappa shape index (κ2) is 4.81. The van der Waals surface area contributed by atoms with E-state index in [-0.39, 0.29) is 0 Å². The molecule has 2 aromatic rings. The highest BCUT2D eigenvalue weighted by atomic mass is 14.3. The van der Waals surface area contributed by atoms with Crippen molar-refractivity contribution in [2.75, 3.05) is 0 Å². The molecule has 0 heterocycles. The Morgan fingerprint density at radius 2 is 1.61 bits per heavy atom. The number of allylic oxidation sites excluding steroid dienone is 1. The molecule has 0 bridgehead atoms. The Morgan fingerprint density at radius 1 is 0.889 bits per heavy atom. The van der Waals surface area contributed by atoms with Crippen LogP contribution in [0.3, 0.4) is 0 Å². The summed E-state index contributed by atoms with van der Waals surface area (Å²) in [6.07, 6.45) is 4.83. The summed E-state index contributed by atoms with van der Waals surface area (Å²) in [7, 11) is 0. The molecule has 3 rings (SSSR count). The van der Waals surface area contributed by atoms with Gasteiger partial charge in [-0.05, 0) is 28.7 Å². The van der Waals surface area contributed by atoms with Gasteiger partial charge in [-0.3, -0.25) is 0 Å². The summed E-state index contributed by atoms with van der Waals surface area (Å²) in [4.78, 5) is 0. The first kappa shape index (κ1) is 11.3. The minimum absolute atomic E-state index is 0.577. The molecule has 0 fully saturated rings. The molecule has 0 saturated heterocycles. The van der Waals surface area contributed by atoms with Crippen molar-refractivity contribution in [3.8, 4) is 0 Å². The number of rotatable bonds is 3. The van der Waals surface area contributed by atoms with Crippen LogP contribution in [0.2, 0.25) is 0 Å². The van der Waals surface area contributed by atoms with Crippen molar-refractivity contribution in [2.45, 2.75) is 25.7 Å². The van der Waals surface area contributed by atoms with Gasteiger partial charge in [-0.25, -0.2) is 0 Å². The molecule has 1 aliphatic rings. The third-order valence-corrected chi connectivity index (χ3v) is 3.74. The number of fused-ring (bicyclic) bond motifs is 1. The van der Waals surface area contributed by atoms with Crippen LogP contribution in [0.4, 0.5) is 0 Å². The zero-order valence-electron chi connectivity index (χ0n) is 10.8. The highest BCUT2D eigenvalue weighted by Crippen LogP contribution is 2.44. The minimum Gasteiger partial charge on any atom is -0.0653 e. The minimum atomic E-state index is 0.577. The van der Waals surface area contributed by atoms with Crippen molar-refractivity contribution < 1.29 is 0 Å². The quantitative estimate of drug-likeness (QED) is 0.691. The Labute approximate surface area is 109 Å². The monoisotopic (exact) mass is 234 g/mol. The van der Waals surface area contributed by atoms with Crippen LogP contribution in [0.5, 0.6) is 0 Å². The number of hydrogen-bond donors (Lipinski definition) is 0. The van der Waals surface area contributed by atoms with Crippen molar-refractivity contribution in [3.05, 3.63) is 71.3 Å². The Hall–Kier alpha value is -1.82. The summed E-state index contributed by atoms with van der Waals surface area (Å²) in [5, 5.41) is 0. The normalized spacial score (nSPS) is 17.4. The third kappa shape index (κ3) is 1.88. The molecule has 0 radical (unpaired) electrons. The van der Waals surface area contributed by atoms with E-state index < -0.39 is 0 Å². The lowest BCUT2D eigenvalue weighted by Crippen LogP contribution is -1.98. The molecule has 1 aliphatic carbocycles. The average molecular weight is 234 g/mol. The summed E-state index contributed by atoms with van der Waals surface area (Å²) in [5.41, 5.74) is 5.75. The lowest BCUT2D eigenvalue weighted by Gasteiger charge is -2.16. The molecule has 0 aliphatic heterocycles. The molecule has 1 atom stereocenters. The van der Waals surface area contributed by atoms with Gasteiger partial charge in [0.1, 0.15) is 0 Å². The molecule has 0 nitrogen and oxygen atoms in total. The van der Waals surface area contributed by atoms with E-state index in [4.69, 9.17) is 0 Å². The van der Waals surface area contributed by atoms with Crippen molar-refractivity contribution >= 4 is 11.6 Å². The largest absolute Gasteiger partial charge is 0.0653 e. The SMILES string of the molecule is CCCC1C(c2ccccc2)=Cc2ccccc21. The van der Waals surface area contributed by atoms with Gasteiger partial charge in [0.2, 0.25) is 0 Å². The summed E-state index contributed by atoms with van der Waals surface area (Å²) in [5.74, 6) is 0.577. The van der Waals surface area contributed by atoms with Crippen LogP contribution in [0.15, 0.2) is 54.6 Å². The molecule has 0 aromatic heterocycles. The van der Waals surface area contributed by atoms with E-state index in [0.717, 1.165) is 0 Å². The van der Waals surface area contributed by atoms with Crippen LogP contribution in [0.25, 0.3) is 11.6 Å². The van der Waals surface area contributed by atoms with Crippen LogP contribution >= 0.6 is 0 Å². The van der Waals surface area contributed by atoms with Crippen molar-refractivity contribution in [3.63, 3.8) is 0 Å². The fourth-order valence-corrected chi connectivity index (χ4v) is 2.91. The zero-order valence-corrected chi connectivity index (χ0v) is 10.8. The van der Waals surface area contributed by atoms with E-state index in [1.54, 1.807) is 0 Å². The highest BCUT2D eigenvalue weighted by Gasteiger charge is 2.24. The lowest BCUT2D eigenvalue weighted by atomic mass is 9.88. The van der Waals surface area contributed by atoms with Gasteiger partial charge in [0.15, 0.2) is 0 Å². The van der Waals surface area contributed by atoms with E-state index in [9.17, 15) is 0 Å². The summed E-state index contributed by atoms with van der Waals surface area (Å²) >= 11 is 0. The van der Waals surface area contributed by atoms with Crippen molar-refractivity contribution in [1.29, 1.82) is 0 Å². The van der Waals surface area contributed by atoms with Gasteiger partial charge >= 0.3 is 0 Å². The predicted octanol–water partition coefficient (Wildman–Crippen LogP) is 5.12. The molecule has 0 N–H and O–H groups in total. The van der Waals surface area contributed by atoms with E-state index in [0.29, 0.717) is 5.92 Å². The first-order chi connectivity index (χ1) is 8.90. The molecule has 0 spiro atoms. The number of benzene rings is 2. The summed E-state index contributed by atoms with van der Waals surface area (Å²) in [6.45, 7) is 2.27. The van der Waals surface area contributed by atoms with Crippen LogP contribution < -0.4 is 0 Å². The van der Waals surface area contributed by atoms with Crippen LogP contribution in [-0.4, -0.2) is 0 Å². The molecule has 90 valence electrons. The molecule has 18 heavy (non-hydrogen) atoms. The van der Waals surface area contributed by atoms with Gasteiger partial charge in [0, 0.05) is 5.92 Å². The van der Waals surface area contributed by atoms with Gasteiger partial charge in [-0.15, -0.1) is 0 Å². The van der Waals surface area contributed by atoms with Gasteiger partial charge in [0.05, 0.1) is 0 Å². The second-order valence-electron chi connectivity index (χ2n) is 4.94. The number of hydrogen-bond acceptors (Lipinski definition) is 0. The molecule has 1 unspecified atom stereocenters. The molecular weight excluding hydrogens is 216 g/mol. The standard InChI is InChI=1S/C18H18/c1-2-8-17-16-12-7-6-11-15(16)13-18(17)14-9-4-3-5-10-14/h3-7,9-13,17H,2,8H2,1H3. The predicted molar refractivity (Wildman–Crippen MR) is 78.4 cm³/mol. The van der Waals surface area contributed by atoms with Crippen LogP contribution in [0, 0.1) is 0 Å². The molecule has 0 amide bonds. The van der Waals surface area contributed by atoms with E-state index in [1.165, 1.54) is 35.1 Å². The van der Waals surface area contributed by atoms with Crippen molar-refractivity contribution in [1.82, 2.24) is 0 Å². The first-order valence-electron chi connectivity index (χ1n) is 6.76. The Kier molecular flexibility index (Phi) is 3.02. The Balaban J connectivity index is 2.06. The van der Waals surface area contributed by atoms with Crippen molar-refractivity contribution in [2.24, 2.45) is 0 Å². The average Bonchev–Trinajstić information content (AvgIpc) is 2.80. The maximum absolute atomic E-state index is 2.37. The fraction of sp³-hybridized carbons (Fsp3) is 0.222. The first-order valence-corrected chi connectivity index (χ1v) is 6.76. The zero-order chi connectivity index (χ0) is 12.4. The van der Waals surface area contributed by atoms with E-state index in [1.807, 2.05) is 0 Å². The van der Waals surface area contributed by atoms with Crippen LogP contribution in [0.1, 0.15) is 42.4 Å². The highest BCUT2D eigenvalue weighted by molar-refractivity contribution is 5.91. The smallest absolute Gasteiger partial charge is 0.0101 e. The third-order valence-electron chi connectivity index (χ3n) is 3.74. The molecule has 2 aromatic carbocycles. The molecular formula is C18H18. The second-order valence-corrected chi connectivity index (χ2v) is 4.94.